The first-order chi connectivity index (χ1) is 12.1. The van der Waals surface area contributed by atoms with E-state index in [9.17, 15) is 9.59 Å². The van der Waals surface area contributed by atoms with Gasteiger partial charge in [0.05, 0.1) is 18.4 Å². The quantitative estimate of drug-likeness (QED) is 0.790. The maximum atomic E-state index is 12.0. The van der Waals surface area contributed by atoms with Gasteiger partial charge in [-0.3, -0.25) is 4.79 Å². The predicted molar refractivity (Wildman–Crippen MR) is 96.5 cm³/mol. The Morgan fingerprint density at radius 2 is 2.04 bits per heavy atom. The zero-order valence-corrected chi connectivity index (χ0v) is 14.1. The summed E-state index contributed by atoms with van der Waals surface area (Å²) < 4.78 is 0. The Balaban J connectivity index is 1.51. The molecule has 2 heterocycles. The highest BCUT2D eigenvalue weighted by Gasteiger charge is 2.17. The number of hydrogen-bond donors (Lipinski definition) is 3. The van der Waals surface area contributed by atoms with E-state index in [1.807, 2.05) is 36.1 Å². The Morgan fingerprint density at radius 1 is 1.24 bits per heavy atom. The zero-order valence-electron chi connectivity index (χ0n) is 14.1. The molecule has 25 heavy (non-hydrogen) atoms. The number of benzene rings is 1. The number of nitrogens with zero attached hydrogens (tertiary/aromatic N) is 2. The van der Waals surface area contributed by atoms with Crippen LogP contribution in [0.25, 0.3) is 0 Å². The van der Waals surface area contributed by atoms with Gasteiger partial charge in [-0.05, 0) is 24.6 Å². The molecule has 1 aromatic heterocycles. The molecule has 1 aromatic carbocycles. The van der Waals surface area contributed by atoms with E-state index in [2.05, 4.69) is 20.9 Å². The molecule has 0 bridgehead atoms. The molecule has 3 rings (SSSR count). The van der Waals surface area contributed by atoms with Crippen molar-refractivity contribution in [1.29, 1.82) is 0 Å². The van der Waals surface area contributed by atoms with Gasteiger partial charge >= 0.3 is 6.03 Å². The number of pyridine rings is 1. The van der Waals surface area contributed by atoms with E-state index < -0.39 is 0 Å². The van der Waals surface area contributed by atoms with E-state index in [0.717, 1.165) is 17.9 Å². The highest BCUT2D eigenvalue weighted by Crippen LogP contribution is 2.14. The molecule has 7 heteroatoms. The van der Waals surface area contributed by atoms with Gasteiger partial charge in [-0.15, -0.1) is 0 Å². The second-order valence-electron chi connectivity index (χ2n) is 5.97. The van der Waals surface area contributed by atoms with Gasteiger partial charge in [0.15, 0.2) is 0 Å². The average Bonchev–Trinajstić information content (AvgIpc) is 2.62. The Bertz CT molecular complexity index is 743. The SMILES string of the molecule is Cc1ccc(CNC(=O)Nc2ccc(N3CCNC(=O)C3)nc2)cc1. The Kier molecular flexibility index (Phi) is 5.13. The summed E-state index contributed by atoms with van der Waals surface area (Å²) in [6.45, 7) is 4.12. The summed E-state index contributed by atoms with van der Waals surface area (Å²) in [5, 5.41) is 8.34. The minimum Gasteiger partial charge on any atom is -0.353 e. The van der Waals surface area contributed by atoms with Gasteiger partial charge in [0, 0.05) is 19.6 Å². The molecular formula is C18H21N5O2. The summed E-state index contributed by atoms with van der Waals surface area (Å²) in [4.78, 5) is 29.6. The molecule has 3 N–H and O–H groups in total. The molecule has 1 aliphatic rings. The van der Waals surface area contributed by atoms with Gasteiger partial charge in [-0.1, -0.05) is 29.8 Å². The fraction of sp³-hybridized carbons (Fsp3) is 0.278. The van der Waals surface area contributed by atoms with E-state index in [4.69, 9.17) is 0 Å². The molecule has 3 amide bonds. The molecule has 1 aliphatic heterocycles. The van der Waals surface area contributed by atoms with Crippen molar-refractivity contribution in [3.63, 3.8) is 0 Å². The third-order valence-corrected chi connectivity index (χ3v) is 3.94. The summed E-state index contributed by atoms with van der Waals surface area (Å²) in [7, 11) is 0. The smallest absolute Gasteiger partial charge is 0.319 e. The van der Waals surface area contributed by atoms with Crippen LogP contribution in [-0.4, -0.2) is 36.6 Å². The highest BCUT2D eigenvalue weighted by atomic mass is 16.2. The van der Waals surface area contributed by atoms with Crippen molar-refractivity contribution < 1.29 is 9.59 Å². The molecule has 7 nitrogen and oxygen atoms in total. The lowest BCUT2D eigenvalue weighted by molar-refractivity contribution is -0.120. The fourth-order valence-electron chi connectivity index (χ4n) is 2.54. The van der Waals surface area contributed by atoms with E-state index in [0.29, 0.717) is 25.3 Å². The number of urea groups is 1. The van der Waals surface area contributed by atoms with Crippen molar-refractivity contribution in [2.24, 2.45) is 0 Å². The van der Waals surface area contributed by atoms with Crippen LogP contribution in [0.15, 0.2) is 42.6 Å². The molecule has 0 saturated carbocycles. The van der Waals surface area contributed by atoms with Crippen LogP contribution >= 0.6 is 0 Å². The van der Waals surface area contributed by atoms with E-state index in [1.165, 1.54) is 5.56 Å². The van der Waals surface area contributed by atoms with Gasteiger partial charge in [-0.25, -0.2) is 9.78 Å². The number of amides is 3. The molecule has 1 saturated heterocycles. The number of hydrogen-bond acceptors (Lipinski definition) is 4. The van der Waals surface area contributed by atoms with Gasteiger partial charge in [0.25, 0.3) is 0 Å². The topological polar surface area (TPSA) is 86.4 Å². The van der Waals surface area contributed by atoms with E-state index >= 15 is 0 Å². The number of carbonyl (C=O) groups excluding carboxylic acids is 2. The second-order valence-corrected chi connectivity index (χ2v) is 5.97. The number of aryl methyl sites for hydroxylation is 1. The molecular weight excluding hydrogens is 318 g/mol. The maximum Gasteiger partial charge on any atom is 0.319 e. The summed E-state index contributed by atoms with van der Waals surface area (Å²) in [5.41, 5.74) is 2.83. The van der Waals surface area contributed by atoms with Crippen molar-refractivity contribution in [2.45, 2.75) is 13.5 Å². The normalized spacial score (nSPS) is 14.0. The van der Waals surface area contributed by atoms with Crippen LogP contribution in [0, 0.1) is 6.92 Å². The summed E-state index contributed by atoms with van der Waals surface area (Å²) in [6, 6.07) is 11.3. The third kappa shape index (κ3) is 4.69. The molecule has 0 aliphatic carbocycles. The van der Waals surface area contributed by atoms with Crippen molar-refractivity contribution >= 4 is 23.4 Å². The van der Waals surface area contributed by atoms with E-state index in [-0.39, 0.29) is 11.9 Å². The number of rotatable bonds is 4. The lowest BCUT2D eigenvalue weighted by atomic mass is 10.1. The maximum absolute atomic E-state index is 12.0. The molecule has 130 valence electrons. The van der Waals surface area contributed by atoms with Crippen LogP contribution in [0.3, 0.4) is 0 Å². The van der Waals surface area contributed by atoms with Crippen LogP contribution in [0.5, 0.6) is 0 Å². The summed E-state index contributed by atoms with van der Waals surface area (Å²) in [6.07, 6.45) is 1.59. The van der Waals surface area contributed by atoms with Crippen molar-refractivity contribution in [1.82, 2.24) is 15.6 Å². The lowest BCUT2D eigenvalue weighted by Gasteiger charge is -2.27. The van der Waals surface area contributed by atoms with Gasteiger partial charge in [-0.2, -0.15) is 0 Å². The second kappa shape index (κ2) is 7.65. The van der Waals surface area contributed by atoms with Gasteiger partial charge in [0.2, 0.25) is 5.91 Å². The Hall–Kier alpha value is -3.09. The highest BCUT2D eigenvalue weighted by molar-refractivity contribution is 5.89. The van der Waals surface area contributed by atoms with Crippen molar-refractivity contribution in [3.05, 3.63) is 53.7 Å². The zero-order chi connectivity index (χ0) is 17.6. The van der Waals surface area contributed by atoms with Crippen LogP contribution in [0.4, 0.5) is 16.3 Å². The fourth-order valence-corrected chi connectivity index (χ4v) is 2.54. The molecule has 0 unspecified atom stereocenters. The van der Waals surface area contributed by atoms with Crippen LogP contribution in [0.2, 0.25) is 0 Å². The standard InChI is InChI=1S/C18H21N5O2/c1-13-2-4-14(5-3-13)10-21-18(25)22-15-6-7-16(20-11-15)23-9-8-19-17(24)12-23/h2-7,11H,8-10,12H2,1H3,(H,19,24)(H2,21,22,25). The summed E-state index contributed by atoms with van der Waals surface area (Å²) >= 11 is 0. The van der Waals surface area contributed by atoms with Crippen LogP contribution < -0.4 is 20.9 Å². The first kappa shape index (κ1) is 16.8. The molecule has 0 atom stereocenters. The lowest BCUT2D eigenvalue weighted by Crippen LogP contribution is -2.48. The molecule has 0 spiro atoms. The molecule has 2 aromatic rings. The number of piperazine rings is 1. The minimum atomic E-state index is -0.285. The predicted octanol–water partition coefficient (Wildman–Crippen LogP) is 1.65. The Labute approximate surface area is 146 Å². The molecule has 1 fully saturated rings. The monoisotopic (exact) mass is 339 g/mol. The van der Waals surface area contributed by atoms with Crippen molar-refractivity contribution in [3.8, 4) is 0 Å². The van der Waals surface area contributed by atoms with Gasteiger partial charge in [0.1, 0.15) is 5.82 Å². The number of nitrogens with one attached hydrogen (secondary N) is 3. The first-order valence-electron chi connectivity index (χ1n) is 8.18. The van der Waals surface area contributed by atoms with Crippen LogP contribution in [0.1, 0.15) is 11.1 Å². The van der Waals surface area contributed by atoms with Crippen LogP contribution in [-0.2, 0) is 11.3 Å². The number of aromatic nitrogens is 1. The summed E-state index contributed by atoms with van der Waals surface area (Å²) in [5.74, 6) is 0.714. The Morgan fingerprint density at radius 3 is 2.72 bits per heavy atom. The minimum absolute atomic E-state index is 0.00858. The van der Waals surface area contributed by atoms with Gasteiger partial charge < -0.3 is 20.9 Å². The first-order valence-corrected chi connectivity index (χ1v) is 8.18. The third-order valence-electron chi connectivity index (χ3n) is 3.94. The van der Waals surface area contributed by atoms with Crippen molar-refractivity contribution in [2.75, 3.05) is 29.9 Å². The average molecular weight is 339 g/mol. The largest absolute Gasteiger partial charge is 0.353 e. The number of anilines is 2. The number of carbonyl (C=O) groups is 2. The van der Waals surface area contributed by atoms with E-state index in [1.54, 1.807) is 18.3 Å². The molecule has 0 radical (unpaired) electrons.